The first kappa shape index (κ1) is 20.9. The van der Waals surface area contributed by atoms with Crippen LogP contribution in [0.3, 0.4) is 0 Å². The van der Waals surface area contributed by atoms with Gasteiger partial charge in [-0.25, -0.2) is 4.79 Å². The third kappa shape index (κ3) is 4.95. The summed E-state index contributed by atoms with van der Waals surface area (Å²) < 4.78 is 5.49. The molecule has 6 nitrogen and oxygen atoms in total. The number of fused-ring (bicyclic) bond motifs is 3. The maximum atomic E-state index is 12.1. The van der Waals surface area contributed by atoms with Gasteiger partial charge in [0.05, 0.1) is 0 Å². The van der Waals surface area contributed by atoms with Crippen LogP contribution in [-0.4, -0.2) is 55.4 Å². The quantitative estimate of drug-likeness (QED) is 0.632. The van der Waals surface area contributed by atoms with Crippen LogP contribution in [0, 0.1) is 0 Å². The van der Waals surface area contributed by atoms with Crippen molar-refractivity contribution in [3.05, 3.63) is 59.7 Å². The van der Waals surface area contributed by atoms with Crippen molar-refractivity contribution in [2.45, 2.75) is 31.2 Å². The van der Waals surface area contributed by atoms with Crippen LogP contribution in [-0.2, 0) is 9.53 Å². The Morgan fingerprint density at radius 1 is 1.03 bits per heavy atom. The van der Waals surface area contributed by atoms with Gasteiger partial charge in [0.25, 0.3) is 0 Å². The normalized spacial score (nSPS) is 13.6. The molecule has 1 aliphatic rings. The molecule has 0 heterocycles. The summed E-state index contributed by atoms with van der Waals surface area (Å²) in [6, 6.07) is 16.0. The Bertz CT molecular complexity index is 820. The van der Waals surface area contributed by atoms with Gasteiger partial charge in [-0.1, -0.05) is 48.5 Å². The summed E-state index contributed by atoms with van der Waals surface area (Å²) in [4.78, 5) is 25.0. The molecule has 0 saturated carbocycles. The molecule has 0 fully saturated rings. The maximum absolute atomic E-state index is 12.1. The maximum Gasteiger partial charge on any atom is 0.407 e. The Kier molecular flexibility index (Phi) is 6.88. The van der Waals surface area contributed by atoms with Gasteiger partial charge in [0.15, 0.2) is 0 Å². The molecule has 1 amide bonds. The van der Waals surface area contributed by atoms with Crippen LogP contribution in [0.15, 0.2) is 48.5 Å². The molecule has 0 unspecified atom stereocenters. The van der Waals surface area contributed by atoms with Crippen molar-refractivity contribution in [3.8, 4) is 11.1 Å². The molecule has 29 heavy (non-hydrogen) atoms. The number of carbonyl (C=O) groups excluding carboxylic acids is 1. The van der Waals surface area contributed by atoms with E-state index in [1.165, 1.54) is 22.3 Å². The Morgan fingerprint density at radius 2 is 1.62 bits per heavy atom. The molecule has 0 saturated heterocycles. The van der Waals surface area contributed by atoms with Gasteiger partial charge in [-0.05, 0) is 55.6 Å². The topological polar surface area (TPSA) is 78.9 Å². The minimum absolute atomic E-state index is 0.0459. The number of hydrogen-bond donors (Lipinski definition) is 2. The molecule has 154 valence electrons. The lowest BCUT2D eigenvalue weighted by Crippen LogP contribution is -2.35. The largest absolute Gasteiger partial charge is 0.480 e. The first-order chi connectivity index (χ1) is 14.0. The van der Waals surface area contributed by atoms with E-state index in [1.54, 1.807) is 19.0 Å². The van der Waals surface area contributed by atoms with Crippen LogP contribution in [0.25, 0.3) is 11.1 Å². The van der Waals surface area contributed by atoms with E-state index in [0.29, 0.717) is 26.0 Å². The lowest BCUT2D eigenvalue weighted by molar-refractivity contribution is -0.142. The predicted molar refractivity (Wildman–Crippen MR) is 112 cm³/mol. The number of amides is 1. The third-order valence-corrected chi connectivity index (χ3v) is 5.43. The lowest BCUT2D eigenvalue weighted by Gasteiger charge is -2.19. The summed E-state index contributed by atoms with van der Waals surface area (Å²) in [5.41, 5.74) is 4.77. The van der Waals surface area contributed by atoms with Crippen molar-refractivity contribution in [2.24, 2.45) is 0 Å². The minimum Gasteiger partial charge on any atom is -0.480 e. The fourth-order valence-corrected chi connectivity index (χ4v) is 3.91. The summed E-state index contributed by atoms with van der Waals surface area (Å²) >= 11 is 0. The van der Waals surface area contributed by atoms with Crippen LogP contribution >= 0.6 is 0 Å². The average Bonchev–Trinajstić information content (AvgIpc) is 3.02. The number of rotatable bonds is 9. The molecule has 0 aromatic heterocycles. The smallest absolute Gasteiger partial charge is 0.407 e. The number of benzene rings is 2. The first-order valence-corrected chi connectivity index (χ1v) is 9.97. The van der Waals surface area contributed by atoms with Gasteiger partial charge in [-0.15, -0.1) is 0 Å². The van der Waals surface area contributed by atoms with Gasteiger partial charge >= 0.3 is 12.1 Å². The number of likely N-dealkylation sites (N-methyl/N-ethyl adjacent to an activating group) is 1. The number of carbonyl (C=O) groups is 2. The molecular formula is C23H28N2O4. The second-order valence-corrected chi connectivity index (χ2v) is 7.57. The van der Waals surface area contributed by atoms with E-state index in [-0.39, 0.29) is 5.92 Å². The molecule has 0 bridgehead atoms. The predicted octanol–water partition coefficient (Wildman–Crippen LogP) is 3.71. The van der Waals surface area contributed by atoms with E-state index in [9.17, 15) is 14.7 Å². The molecule has 0 radical (unpaired) electrons. The summed E-state index contributed by atoms with van der Waals surface area (Å²) in [7, 11) is 3.52. The van der Waals surface area contributed by atoms with Gasteiger partial charge in [0, 0.05) is 12.5 Å². The fourth-order valence-electron chi connectivity index (χ4n) is 3.91. The average molecular weight is 396 g/mol. The number of hydrogen-bond acceptors (Lipinski definition) is 4. The van der Waals surface area contributed by atoms with Crippen molar-refractivity contribution in [1.29, 1.82) is 0 Å². The SMILES string of the molecule is CN(C)[C@H](CCCCNC(=O)OCC1c2ccccc2-c2ccccc21)C(=O)O. The Labute approximate surface area is 171 Å². The van der Waals surface area contributed by atoms with E-state index in [2.05, 4.69) is 29.6 Å². The number of nitrogens with zero attached hydrogens (tertiary/aromatic N) is 1. The van der Waals surface area contributed by atoms with Crippen molar-refractivity contribution in [1.82, 2.24) is 10.2 Å². The number of ether oxygens (including phenoxy) is 1. The van der Waals surface area contributed by atoms with Crippen LogP contribution in [0.2, 0.25) is 0 Å². The highest BCUT2D eigenvalue weighted by Crippen LogP contribution is 2.44. The molecular weight excluding hydrogens is 368 g/mol. The summed E-state index contributed by atoms with van der Waals surface area (Å²) in [6.07, 6.45) is 1.55. The molecule has 0 aliphatic heterocycles. The Morgan fingerprint density at radius 3 is 2.17 bits per heavy atom. The highest BCUT2D eigenvalue weighted by atomic mass is 16.5. The second kappa shape index (κ2) is 9.56. The molecule has 6 heteroatoms. The number of carboxylic acid groups (broad SMARTS) is 1. The number of unbranched alkanes of at least 4 members (excludes halogenated alkanes) is 1. The molecule has 2 aromatic rings. The number of nitrogens with one attached hydrogen (secondary N) is 1. The number of carboxylic acids is 1. The zero-order valence-electron chi connectivity index (χ0n) is 16.9. The first-order valence-electron chi connectivity index (χ1n) is 9.97. The van der Waals surface area contributed by atoms with Crippen molar-refractivity contribution in [2.75, 3.05) is 27.2 Å². The minimum atomic E-state index is -0.820. The summed E-state index contributed by atoms with van der Waals surface area (Å²) in [5.74, 6) is -0.774. The van der Waals surface area contributed by atoms with E-state index in [4.69, 9.17) is 4.74 Å². The number of alkyl carbamates (subject to hydrolysis) is 1. The highest BCUT2D eigenvalue weighted by Gasteiger charge is 2.28. The highest BCUT2D eigenvalue weighted by molar-refractivity contribution is 5.79. The number of aliphatic carboxylic acids is 1. The van der Waals surface area contributed by atoms with Crippen LogP contribution in [0.4, 0.5) is 4.79 Å². The summed E-state index contributed by atoms with van der Waals surface area (Å²) in [5, 5.41) is 11.9. The van der Waals surface area contributed by atoms with Gasteiger partial charge in [-0.2, -0.15) is 0 Å². The molecule has 1 atom stereocenters. The van der Waals surface area contributed by atoms with Crippen LogP contribution < -0.4 is 5.32 Å². The van der Waals surface area contributed by atoms with Crippen molar-refractivity contribution >= 4 is 12.1 Å². The van der Waals surface area contributed by atoms with E-state index < -0.39 is 18.1 Å². The Hall–Kier alpha value is -2.86. The lowest BCUT2D eigenvalue weighted by atomic mass is 9.98. The standard InChI is InChI=1S/C23H28N2O4/c1-25(2)21(22(26)27)13-7-8-14-24-23(28)29-15-20-18-11-5-3-9-16(18)17-10-4-6-12-19(17)20/h3-6,9-12,20-21H,7-8,13-15H2,1-2H3,(H,24,28)(H,26,27)/t21-/m1/s1. The fraction of sp³-hybridized carbons (Fsp3) is 0.391. The molecule has 2 aromatic carbocycles. The van der Waals surface area contributed by atoms with Crippen LogP contribution in [0.1, 0.15) is 36.3 Å². The zero-order chi connectivity index (χ0) is 20.8. The summed E-state index contributed by atoms with van der Waals surface area (Å²) in [6.45, 7) is 0.762. The molecule has 1 aliphatic carbocycles. The van der Waals surface area contributed by atoms with Crippen LogP contribution in [0.5, 0.6) is 0 Å². The van der Waals surface area contributed by atoms with E-state index >= 15 is 0 Å². The molecule has 0 spiro atoms. The second-order valence-electron chi connectivity index (χ2n) is 7.57. The van der Waals surface area contributed by atoms with Gasteiger partial charge in [0.2, 0.25) is 0 Å². The third-order valence-electron chi connectivity index (χ3n) is 5.43. The molecule has 3 rings (SSSR count). The monoisotopic (exact) mass is 396 g/mol. The van der Waals surface area contributed by atoms with E-state index in [1.807, 2.05) is 24.3 Å². The zero-order valence-corrected chi connectivity index (χ0v) is 16.9. The van der Waals surface area contributed by atoms with Gasteiger partial charge in [-0.3, -0.25) is 9.69 Å². The van der Waals surface area contributed by atoms with Gasteiger partial charge < -0.3 is 15.2 Å². The van der Waals surface area contributed by atoms with E-state index in [0.717, 1.165) is 6.42 Å². The Balaban J connectivity index is 1.45. The van der Waals surface area contributed by atoms with Crippen molar-refractivity contribution in [3.63, 3.8) is 0 Å². The molecule has 2 N–H and O–H groups in total. The van der Waals surface area contributed by atoms with Gasteiger partial charge in [0.1, 0.15) is 12.6 Å². The van der Waals surface area contributed by atoms with Crippen molar-refractivity contribution < 1.29 is 19.4 Å².